The number of hydrogen-bond acceptors (Lipinski definition) is 2. The highest BCUT2D eigenvalue weighted by atomic mass is 32.2. The Morgan fingerprint density at radius 3 is 2.81 bits per heavy atom. The molecule has 1 fully saturated rings. The van der Waals surface area contributed by atoms with Crippen LogP contribution in [0, 0.1) is 0 Å². The molecule has 2 unspecified atom stereocenters. The Balaban J connectivity index is 1.77. The molecule has 2 atom stereocenters. The molecule has 1 aliphatic rings. The number of rotatable bonds is 4. The highest BCUT2D eigenvalue weighted by Crippen LogP contribution is 2.25. The zero-order valence-corrected chi connectivity index (χ0v) is 10.8. The lowest BCUT2D eigenvalue weighted by atomic mass is 10.1. The van der Waals surface area contributed by atoms with E-state index in [9.17, 15) is 0 Å². The van der Waals surface area contributed by atoms with Crippen LogP contribution in [0.25, 0.3) is 0 Å². The first kappa shape index (κ1) is 12.0. The van der Waals surface area contributed by atoms with E-state index in [0.29, 0.717) is 6.04 Å². The molecule has 1 aromatic carbocycles. The number of hydrogen-bond donors (Lipinski definition) is 1. The lowest BCUT2D eigenvalue weighted by Crippen LogP contribution is -2.28. The lowest BCUT2D eigenvalue weighted by Gasteiger charge is -2.23. The molecule has 1 saturated heterocycles. The van der Waals surface area contributed by atoms with Gasteiger partial charge in [0.15, 0.2) is 0 Å². The molecular weight excluding hydrogens is 214 g/mol. The maximum absolute atomic E-state index is 3.65. The molecule has 0 spiro atoms. The van der Waals surface area contributed by atoms with Crippen LogP contribution >= 0.6 is 11.8 Å². The number of thioether (sulfide) groups is 1. The third-order valence-electron chi connectivity index (χ3n) is 3.23. The summed E-state index contributed by atoms with van der Waals surface area (Å²) in [4.78, 5) is 0. The van der Waals surface area contributed by atoms with Crippen LogP contribution in [0.4, 0.5) is 0 Å². The van der Waals surface area contributed by atoms with Crippen molar-refractivity contribution in [1.82, 2.24) is 5.32 Å². The second-order valence-corrected chi connectivity index (χ2v) is 5.94. The summed E-state index contributed by atoms with van der Waals surface area (Å²) in [5, 5.41) is 4.48. The van der Waals surface area contributed by atoms with Crippen molar-refractivity contribution in [3.8, 4) is 0 Å². The van der Waals surface area contributed by atoms with E-state index in [1.807, 2.05) is 0 Å². The van der Waals surface area contributed by atoms with Gasteiger partial charge in [-0.2, -0.15) is 11.8 Å². The minimum atomic E-state index is 0.476. The van der Waals surface area contributed by atoms with Gasteiger partial charge in [-0.15, -0.1) is 0 Å². The van der Waals surface area contributed by atoms with Gasteiger partial charge in [-0.05, 0) is 31.1 Å². The normalized spacial score (nSPS) is 22.9. The van der Waals surface area contributed by atoms with Crippen molar-refractivity contribution >= 4 is 11.8 Å². The summed E-state index contributed by atoms with van der Waals surface area (Å²) in [7, 11) is 0. The molecule has 2 rings (SSSR count). The number of nitrogens with one attached hydrogen (secondary N) is 1. The predicted octanol–water partition coefficient (Wildman–Crippen LogP) is 3.62. The van der Waals surface area contributed by atoms with E-state index in [2.05, 4.69) is 54.3 Å². The first-order valence-corrected chi connectivity index (χ1v) is 7.31. The smallest absolute Gasteiger partial charge is 0.0292 e. The molecule has 0 saturated carbocycles. The van der Waals surface area contributed by atoms with Gasteiger partial charge in [0, 0.05) is 17.8 Å². The van der Waals surface area contributed by atoms with Crippen molar-refractivity contribution < 1.29 is 0 Å². The van der Waals surface area contributed by atoms with Crippen LogP contribution in [0.5, 0.6) is 0 Å². The summed E-state index contributed by atoms with van der Waals surface area (Å²) in [5.41, 5.74) is 1.39. The van der Waals surface area contributed by atoms with Crippen molar-refractivity contribution in [3.05, 3.63) is 35.9 Å². The molecule has 1 heterocycles. The maximum Gasteiger partial charge on any atom is 0.0292 e. The summed E-state index contributed by atoms with van der Waals surface area (Å²) in [6.45, 7) is 3.41. The summed E-state index contributed by atoms with van der Waals surface area (Å²) in [5.74, 6) is 1.35. The second-order valence-electron chi connectivity index (χ2n) is 4.53. The molecule has 16 heavy (non-hydrogen) atoms. The molecule has 0 bridgehead atoms. The topological polar surface area (TPSA) is 12.0 Å². The zero-order chi connectivity index (χ0) is 11.2. The highest BCUT2D eigenvalue weighted by Gasteiger charge is 2.14. The van der Waals surface area contributed by atoms with E-state index >= 15 is 0 Å². The van der Waals surface area contributed by atoms with Gasteiger partial charge in [-0.1, -0.05) is 36.8 Å². The van der Waals surface area contributed by atoms with Crippen molar-refractivity contribution in [3.63, 3.8) is 0 Å². The third-order valence-corrected chi connectivity index (χ3v) is 4.62. The molecule has 1 N–H and O–H groups in total. The monoisotopic (exact) mass is 235 g/mol. The fourth-order valence-corrected chi connectivity index (χ4v) is 3.39. The Kier molecular flexibility index (Phi) is 4.73. The van der Waals surface area contributed by atoms with Gasteiger partial charge < -0.3 is 5.32 Å². The van der Waals surface area contributed by atoms with Gasteiger partial charge in [0.25, 0.3) is 0 Å². The Morgan fingerprint density at radius 1 is 1.31 bits per heavy atom. The predicted molar refractivity (Wildman–Crippen MR) is 73.0 cm³/mol. The van der Waals surface area contributed by atoms with Crippen LogP contribution in [0.1, 0.15) is 37.8 Å². The molecular formula is C14H21NS. The molecule has 1 aliphatic heterocycles. The standard InChI is InChI=1S/C14H21NS/c1-12(13-7-3-2-4-8-13)15-11-14-9-5-6-10-16-14/h2-4,7-8,12,14-15H,5-6,9-11H2,1H3. The van der Waals surface area contributed by atoms with Gasteiger partial charge in [-0.3, -0.25) is 0 Å². The van der Waals surface area contributed by atoms with E-state index in [1.165, 1.54) is 30.6 Å². The minimum Gasteiger partial charge on any atom is -0.309 e. The molecule has 0 radical (unpaired) electrons. The third kappa shape index (κ3) is 3.53. The van der Waals surface area contributed by atoms with E-state index in [0.717, 1.165) is 11.8 Å². The zero-order valence-electron chi connectivity index (χ0n) is 9.99. The Labute approximate surface area is 103 Å². The van der Waals surface area contributed by atoms with Gasteiger partial charge in [-0.25, -0.2) is 0 Å². The van der Waals surface area contributed by atoms with Crippen molar-refractivity contribution in [2.45, 2.75) is 37.5 Å². The van der Waals surface area contributed by atoms with Crippen molar-refractivity contribution in [1.29, 1.82) is 0 Å². The van der Waals surface area contributed by atoms with Crippen LogP contribution in [0.15, 0.2) is 30.3 Å². The first-order chi connectivity index (χ1) is 7.86. The quantitative estimate of drug-likeness (QED) is 0.855. The Bertz CT molecular complexity index is 293. The molecule has 0 aromatic heterocycles. The summed E-state index contributed by atoms with van der Waals surface area (Å²) in [6.07, 6.45) is 4.22. The largest absolute Gasteiger partial charge is 0.309 e. The van der Waals surface area contributed by atoms with Crippen LogP contribution in [0.3, 0.4) is 0 Å². The Morgan fingerprint density at radius 2 is 2.12 bits per heavy atom. The van der Waals surface area contributed by atoms with Gasteiger partial charge in [0.1, 0.15) is 0 Å². The van der Waals surface area contributed by atoms with E-state index in [4.69, 9.17) is 0 Å². The average Bonchev–Trinajstić information content (AvgIpc) is 2.38. The lowest BCUT2D eigenvalue weighted by molar-refractivity contribution is 0.538. The molecule has 88 valence electrons. The number of benzene rings is 1. The van der Waals surface area contributed by atoms with Crippen LogP contribution < -0.4 is 5.32 Å². The molecule has 1 nitrogen and oxygen atoms in total. The van der Waals surface area contributed by atoms with Crippen LogP contribution in [-0.2, 0) is 0 Å². The molecule has 1 aromatic rings. The van der Waals surface area contributed by atoms with Gasteiger partial charge in [0.05, 0.1) is 0 Å². The van der Waals surface area contributed by atoms with Crippen LogP contribution in [-0.4, -0.2) is 17.5 Å². The molecule has 0 amide bonds. The maximum atomic E-state index is 3.65. The van der Waals surface area contributed by atoms with E-state index in [-0.39, 0.29) is 0 Å². The fraction of sp³-hybridized carbons (Fsp3) is 0.571. The summed E-state index contributed by atoms with van der Waals surface area (Å²) >= 11 is 2.14. The summed E-state index contributed by atoms with van der Waals surface area (Å²) in [6, 6.07) is 11.2. The van der Waals surface area contributed by atoms with Crippen molar-refractivity contribution in [2.24, 2.45) is 0 Å². The van der Waals surface area contributed by atoms with Gasteiger partial charge in [0.2, 0.25) is 0 Å². The first-order valence-electron chi connectivity index (χ1n) is 6.26. The SMILES string of the molecule is CC(NCC1CCCCS1)c1ccccc1. The minimum absolute atomic E-state index is 0.476. The highest BCUT2D eigenvalue weighted by molar-refractivity contribution is 7.99. The van der Waals surface area contributed by atoms with Crippen LogP contribution in [0.2, 0.25) is 0 Å². The average molecular weight is 235 g/mol. The molecule has 0 aliphatic carbocycles. The molecule has 2 heteroatoms. The van der Waals surface area contributed by atoms with E-state index in [1.54, 1.807) is 0 Å². The fourth-order valence-electron chi connectivity index (χ4n) is 2.14. The summed E-state index contributed by atoms with van der Waals surface area (Å²) < 4.78 is 0. The second kappa shape index (κ2) is 6.31. The Hall–Kier alpha value is -0.470. The van der Waals surface area contributed by atoms with Gasteiger partial charge >= 0.3 is 0 Å². The van der Waals surface area contributed by atoms with E-state index < -0.39 is 0 Å². The van der Waals surface area contributed by atoms with Crippen molar-refractivity contribution in [2.75, 3.05) is 12.3 Å².